The van der Waals surface area contributed by atoms with Gasteiger partial charge in [0.05, 0.1) is 13.1 Å². The molecule has 2 aliphatic rings. The van der Waals surface area contributed by atoms with Crippen LogP contribution in [-0.2, 0) is 24.3 Å². The zero-order chi connectivity index (χ0) is 16.4. The second kappa shape index (κ2) is 6.77. The quantitative estimate of drug-likeness (QED) is 0.863. The van der Waals surface area contributed by atoms with E-state index in [9.17, 15) is 4.79 Å². The highest BCUT2D eigenvalue weighted by Crippen LogP contribution is 2.21. The summed E-state index contributed by atoms with van der Waals surface area (Å²) in [5, 5.41) is 4.30. The molecule has 0 aliphatic carbocycles. The molecule has 3 heterocycles. The maximum absolute atomic E-state index is 12.8. The van der Waals surface area contributed by atoms with Crippen LogP contribution in [0.2, 0.25) is 0 Å². The lowest BCUT2D eigenvalue weighted by Gasteiger charge is -2.32. The van der Waals surface area contributed by atoms with Gasteiger partial charge in [0.1, 0.15) is 0 Å². The number of rotatable bonds is 4. The van der Waals surface area contributed by atoms with E-state index in [2.05, 4.69) is 34.3 Å². The van der Waals surface area contributed by atoms with Crippen LogP contribution in [0.15, 0.2) is 42.7 Å². The van der Waals surface area contributed by atoms with Crippen molar-refractivity contribution in [1.82, 2.24) is 19.6 Å². The molecule has 1 aromatic carbocycles. The summed E-state index contributed by atoms with van der Waals surface area (Å²) in [7, 11) is 0. The van der Waals surface area contributed by atoms with Crippen molar-refractivity contribution in [3.05, 3.63) is 53.9 Å². The van der Waals surface area contributed by atoms with Crippen molar-refractivity contribution in [2.24, 2.45) is 0 Å². The van der Waals surface area contributed by atoms with Gasteiger partial charge in [-0.2, -0.15) is 5.10 Å². The van der Waals surface area contributed by atoms with Gasteiger partial charge in [-0.25, -0.2) is 0 Å². The predicted molar refractivity (Wildman–Crippen MR) is 92.4 cm³/mol. The largest absolute Gasteiger partial charge is 0.337 e. The van der Waals surface area contributed by atoms with E-state index >= 15 is 0 Å². The highest BCUT2D eigenvalue weighted by Gasteiger charge is 2.29. The normalized spacial score (nSPS) is 21.0. The molecular weight excluding hydrogens is 300 g/mol. The van der Waals surface area contributed by atoms with Gasteiger partial charge in [-0.1, -0.05) is 24.3 Å². The molecule has 1 saturated heterocycles. The maximum Gasteiger partial charge on any atom is 0.237 e. The molecule has 1 amide bonds. The van der Waals surface area contributed by atoms with Crippen molar-refractivity contribution in [3.8, 4) is 0 Å². The van der Waals surface area contributed by atoms with Gasteiger partial charge in [0.2, 0.25) is 5.91 Å². The average molecular weight is 324 g/mol. The Morgan fingerprint density at radius 3 is 2.88 bits per heavy atom. The molecule has 2 aliphatic heterocycles. The van der Waals surface area contributed by atoms with Crippen molar-refractivity contribution in [2.75, 3.05) is 19.6 Å². The third-order valence-electron chi connectivity index (χ3n) is 5.28. The van der Waals surface area contributed by atoms with E-state index in [1.165, 1.54) is 17.5 Å². The zero-order valence-electron chi connectivity index (χ0n) is 14.0. The summed E-state index contributed by atoms with van der Waals surface area (Å²) in [6.45, 7) is 4.03. The Labute approximate surface area is 142 Å². The lowest BCUT2D eigenvalue weighted by molar-refractivity contribution is -0.133. The van der Waals surface area contributed by atoms with E-state index in [1.54, 1.807) is 0 Å². The molecule has 1 atom stereocenters. The minimum absolute atomic E-state index is 0.261. The molecule has 0 radical (unpaired) electrons. The zero-order valence-corrected chi connectivity index (χ0v) is 14.0. The minimum Gasteiger partial charge on any atom is -0.337 e. The van der Waals surface area contributed by atoms with Crippen molar-refractivity contribution < 1.29 is 4.79 Å². The maximum atomic E-state index is 12.8. The summed E-state index contributed by atoms with van der Waals surface area (Å²) in [5.74, 6) is 0.261. The summed E-state index contributed by atoms with van der Waals surface area (Å²) < 4.78 is 1.98. The van der Waals surface area contributed by atoms with Gasteiger partial charge in [-0.15, -0.1) is 0 Å². The fraction of sp³-hybridized carbons (Fsp3) is 0.474. The SMILES string of the molecule is O=C(CN1CCC[C@@H]1Cn1cccn1)N1CCc2ccccc2C1. The Morgan fingerprint density at radius 2 is 2.04 bits per heavy atom. The molecule has 2 aromatic rings. The first-order valence-corrected chi connectivity index (χ1v) is 8.85. The molecule has 0 spiro atoms. The van der Waals surface area contributed by atoms with Gasteiger partial charge in [-0.3, -0.25) is 14.4 Å². The third kappa shape index (κ3) is 3.22. The van der Waals surface area contributed by atoms with E-state index in [4.69, 9.17) is 0 Å². The van der Waals surface area contributed by atoms with Gasteiger partial charge >= 0.3 is 0 Å². The summed E-state index contributed by atoms with van der Waals surface area (Å²) >= 11 is 0. The number of hydrogen-bond donors (Lipinski definition) is 0. The monoisotopic (exact) mass is 324 g/mol. The van der Waals surface area contributed by atoms with Gasteiger partial charge in [0.25, 0.3) is 0 Å². The lowest BCUT2D eigenvalue weighted by Crippen LogP contribution is -2.45. The van der Waals surface area contributed by atoms with E-state index in [0.29, 0.717) is 12.6 Å². The Bertz CT molecular complexity index is 697. The van der Waals surface area contributed by atoms with Crippen LogP contribution in [0.25, 0.3) is 0 Å². The first-order valence-electron chi connectivity index (χ1n) is 8.85. The molecule has 5 nitrogen and oxygen atoms in total. The van der Waals surface area contributed by atoms with Crippen LogP contribution in [0, 0.1) is 0 Å². The molecule has 0 N–H and O–H groups in total. The number of nitrogens with zero attached hydrogens (tertiary/aromatic N) is 4. The van der Waals surface area contributed by atoms with Crippen LogP contribution in [0.4, 0.5) is 0 Å². The number of hydrogen-bond acceptors (Lipinski definition) is 3. The van der Waals surface area contributed by atoms with Crippen molar-refractivity contribution in [3.63, 3.8) is 0 Å². The van der Waals surface area contributed by atoms with Gasteiger partial charge in [0, 0.05) is 31.5 Å². The number of fused-ring (bicyclic) bond motifs is 1. The summed E-state index contributed by atoms with van der Waals surface area (Å²) in [5.41, 5.74) is 2.69. The highest BCUT2D eigenvalue weighted by molar-refractivity contribution is 5.78. The molecule has 0 unspecified atom stereocenters. The van der Waals surface area contributed by atoms with E-state index in [1.807, 2.05) is 28.0 Å². The summed E-state index contributed by atoms with van der Waals surface area (Å²) in [6.07, 6.45) is 7.10. The van der Waals surface area contributed by atoms with Crippen LogP contribution in [0.5, 0.6) is 0 Å². The predicted octanol–water partition coefficient (Wildman–Crippen LogP) is 1.93. The standard InChI is InChI=1S/C19H24N4O/c24-19(22-12-8-16-5-1-2-6-17(16)13-22)15-21-10-3-7-18(21)14-23-11-4-9-20-23/h1-2,4-6,9,11,18H,3,7-8,10,12-15H2/t18-/m1/s1. The van der Waals surface area contributed by atoms with Crippen LogP contribution in [0.3, 0.4) is 0 Å². The number of aromatic nitrogens is 2. The molecule has 0 bridgehead atoms. The Morgan fingerprint density at radius 1 is 1.17 bits per heavy atom. The number of carbonyl (C=O) groups excluding carboxylic acids is 1. The first kappa shape index (κ1) is 15.4. The fourth-order valence-electron chi connectivity index (χ4n) is 3.92. The Balaban J connectivity index is 1.37. The van der Waals surface area contributed by atoms with Crippen LogP contribution in [0.1, 0.15) is 24.0 Å². The second-order valence-electron chi connectivity index (χ2n) is 6.83. The minimum atomic E-state index is 0.261. The molecule has 126 valence electrons. The van der Waals surface area contributed by atoms with Crippen LogP contribution in [-0.4, -0.2) is 51.2 Å². The number of benzene rings is 1. The lowest BCUT2D eigenvalue weighted by atomic mass is 10.00. The topological polar surface area (TPSA) is 41.4 Å². The molecule has 0 saturated carbocycles. The smallest absolute Gasteiger partial charge is 0.237 e. The number of likely N-dealkylation sites (tertiary alicyclic amines) is 1. The Kier molecular flexibility index (Phi) is 4.34. The van der Waals surface area contributed by atoms with E-state index in [-0.39, 0.29) is 5.91 Å². The Hall–Kier alpha value is -2.14. The van der Waals surface area contributed by atoms with E-state index in [0.717, 1.165) is 39.0 Å². The molecular formula is C19H24N4O. The molecule has 4 rings (SSSR count). The highest BCUT2D eigenvalue weighted by atomic mass is 16.2. The summed E-state index contributed by atoms with van der Waals surface area (Å²) in [6, 6.07) is 10.8. The van der Waals surface area contributed by atoms with Gasteiger partial charge < -0.3 is 4.90 Å². The van der Waals surface area contributed by atoms with Gasteiger partial charge in [-0.05, 0) is 43.0 Å². The fourth-order valence-corrected chi connectivity index (χ4v) is 3.92. The van der Waals surface area contributed by atoms with E-state index < -0.39 is 0 Å². The van der Waals surface area contributed by atoms with Crippen LogP contribution < -0.4 is 0 Å². The average Bonchev–Trinajstić information content (AvgIpc) is 3.27. The van der Waals surface area contributed by atoms with Crippen molar-refractivity contribution in [2.45, 2.75) is 38.4 Å². The molecule has 1 fully saturated rings. The van der Waals surface area contributed by atoms with Crippen LogP contribution >= 0.6 is 0 Å². The second-order valence-corrected chi connectivity index (χ2v) is 6.83. The van der Waals surface area contributed by atoms with Crippen molar-refractivity contribution >= 4 is 5.91 Å². The third-order valence-corrected chi connectivity index (χ3v) is 5.28. The van der Waals surface area contributed by atoms with Crippen molar-refractivity contribution in [1.29, 1.82) is 0 Å². The molecule has 5 heteroatoms. The summed E-state index contributed by atoms with van der Waals surface area (Å²) in [4.78, 5) is 17.1. The van der Waals surface area contributed by atoms with Gasteiger partial charge in [0.15, 0.2) is 0 Å². The number of carbonyl (C=O) groups is 1. The first-order chi connectivity index (χ1) is 11.8. The number of amides is 1. The molecule has 24 heavy (non-hydrogen) atoms. The molecule has 1 aromatic heterocycles.